The monoisotopic (exact) mass is 520 g/mol. The first-order valence-corrected chi connectivity index (χ1v) is 13.7. The van der Waals surface area contributed by atoms with Crippen LogP contribution in [0.1, 0.15) is 34.3 Å². The number of rotatable bonds is 5. The first kappa shape index (κ1) is 24.4. The molecule has 0 bridgehead atoms. The van der Waals surface area contributed by atoms with Gasteiger partial charge in [0, 0.05) is 40.8 Å². The molecule has 1 fully saturated rings. The number of aliphatic hydroxyl groups is 1. The molecule has 0 spiro atoms. The number of carbonyl (C=O) groups excluding carboxylic acids is 1. The molecule has 6 nitrogen and oxygen atoms in total. The fourth-order valence-corrected chi connectivity index (χ4v) is 6.59. The summed E-state index contributed by atoms with van der Waals surface area (Å²) in [7, 11) is -3.63. The molecule has 0 saturated carbocycles. The molecule has 3 aromatic carbocycles. The quantitative estimate of drug-likeness (QED) is 0.401. The Morgan fingerprint density at radius 3 is 2.36 bits per heavy atom. The summed E-state index contributed by atoms with van der Waals surface area (Å²) in [5, 5.41) is 12.4. The number of likely N-dealkylation sites (tertiary alicyclic amines) is 1. The number of hydrogen-bond acceptors (Lipinski definition) is 5. The zero-order valence-electron chi connectivity index (χ0n) is 19.5. The van der Waals surface area contributed by atoms with Gasteiger partial charge in [-0.1, -0.05) is 60.1 Å². The van der Waals surface area contributed by atoms with E-state index in [-0.39, 0.29) is 16.6 Å². The Hall–Kier alpha value is -3.26. The Morgan fingerprint density at radius 1 is 0.944 bits per heavy atom. The minimum absolute atomic E-state index is 0.149. The number of halogens is 1. The predicted octanol–water partition coefficient (Wildman–Crippen LogP) is 4.99. The van der Waals surface area contributed by atoms with Crippen LogP contribution in [0.25, 0.3) is 10.9 Å². The van der Waals surface area contributed by atoms with E-state index < -0.39 is 15.4 Å². The number of pyridine rings is 1. The Kier molecular flexibility index (Phi) is 6.55. The van der Waals surface area contributed by atoms with Crippen LogP contribution < -0.4 is 0 Å². The number of para-hydroxylation sites is 1. The standard InChI is InChI=1S/C28H25ClN2O4S/c29-24-8-2-1-7-23(24)28(33)14-17-31(18-15-28)27(32)22-12-10-20(11-13-22)19-36(34,35)25-9-3-5-21-6-4-16-30-26(21)25/h1-13,16,33H,14-15,17-19H2. The molecule has 0 aliphatic carbocycles. The van der Waals surface area contributed by atoms with E-state index in [1.165, 1.54) is 0 Å². The van der Waals surface area contributed by atoms with Gasteiger partial charge in [0.25, 0.3) is 5.91 Å². The first-order chi connectivity index (χ1) is 17.3. The van der Waals surface area contributed by atoms with E-state index in [1.807, 2.05) is 30.3 Å². The third-order valence-corrected chi connectivity index (χ3v) is 8.78. The fourth-order valence-electron chi connectivity index (χ4n) is 4.74. The lowest BCUT2D eigenvalue weighted by atomic mass is 9.84. The average molecular weight is 521 g/mol. The summed E-state index contributed by atoms with van der Waals surface area (Å²) < 4.78 is 26.3. The molecule has 2 heterocycles. The normalized spacial score (nSPS) is 15.7. The van der Waals surface area contributed by atoms with Crippen molar-refractivity contribution >= 4 is 38.2 Å². The molecule has 0 atom stereocenters. The number of amides is 1. The minimum atomic E-state index is -3.63. The molecule has 1 saturated heterocycles. The molecule has 0 unspecified atom stereocenters. The van der Waals surface area contributed by atoms with Gasteiger partial charge >= 0.3 is 0 Å². The zero-order chi connectivity index (χ0) is 25.3. The number of hydrogen-bond donors (Lipinski definition) is 1. The molecule has 8 heteroatoms. The van der Waals surface area contributed by atoms with E-state index in [2.05, 4.69) is 4.98 Å². The average Bonchev–Trinajstić information content (AvgIpc) is 2.89. The smallest absolute Gasteiger partial charge is 0.253 e. The van der Waals surface area contributed by atoms with Crippen molar-refractivity contribution in [2.24, 2.45) is 0 Å². The Balaban J connectivity index is 1.27. The minimum Gasteiger partial charge on any atom is -0.385 e. The van der Waals surface area contributed by atoms with E-state index in [4.69, 9.17) is 11.6 Å². The van der Waals surface area contributed by atoms with Crippen molar-refractivity contribution < 1.29 is 18.3 Å². The highest BCUT2D eigenvalue weighted by molar-refractivity contribution is 7.90. The number of aromatic nitrogens is 1. The van der Waals surface area contributed by atoms with Crippen LogP contribution in [0.5, 0.6) is 0 Å². The van der Waals surface area contributed by atoms with E-state index in [0.29, 0.717) is 53.2 Å². The highest BCUT2D eigenvalue weighted by Crippen LogP contribution is 2.37. The van der Waals surface area contributed by atoms with Crippen LogP contribution in [0.4, 0.5) is 0 Å². The van der Waals surface area contributed by atoms with Crippen molar-refractivity contribution in [1.82, 2.24) is 9.88 Å². The maximum absolute atomic E-state index is 13.1. The maximum Gasteiger partial charge on any atom is 0.253 e. The Morgan fingerprint density at radius 2 is 1.64 bits per heavy atom. The van der Waals surface area contributed by atoms with Crippen molar-refractivity contribution in [2.45, 2.75) is 29.1 Å². The second-order valence-corrected chi connectivity index (χ2v) is 11.5. The van der Waals surface area contributed by atoms with Gasteiger partial charge in [-0.3, -0.25) is 9.78 Å². The topological polar surface area (TPSA) is 87.6 Å². The molecule has 1 N–H and O–H groups in total. The molecule has 5 rings (SSSR count). The first-order valence-electron chi connectivity index (χ1n) is 11.7. The summed E-state index contributed by atoms with van der Waals surface area (Å²) in [6.45, 7) is 0.787. The molecule has 1 aliphatic rings. The molecule has 1 amide bonds. The molecule has 36 heavy (non-hydrogen) atoms. The summed E-state index contributed by atoms with van der Waals surface area (Å²) in [4.78, 5) is 19.2. The van der Waals surface area contributed by atoms with E-state index in [9.17, 15) is 18.3 Å². The van der Waals surface area contributed by atoms with E-state index in [0.717, 1.165) is 5.39 Å². The molecule has 1 aliphatic heterocycles. The summed E-state index contributed by atoms with van der Waals surface area (Å²) in [5.74, 6) is -0.338. The van der Waals surface area contributed by atoms with Crippen LogP contribution in [0.15, 0.2) is 90.0 Å². The predicted molar refractivity (Wildman–Crippen MR) is 140 cm³/mol. The lowest BCUT2D eigenvalue weighted by molar-refractivity contribution is -0.0210. The number of benzene rings is 3. The van der Waals surface area contributed by atoms with Gasteiger partial charge in [-0.15, -0.1) is 0 Å². The number of carbonyl (C=O) groups is 1. The third kappa shape index (κ3) is 4.74. The summed E-state index contributed by atoms with van der Waals surface area (Å²) in [6, 6.07) is 22.6. The summed E-state index contributed by atoms with van der Waals surface area (Å²) >= 11 is 6.28. The SMILES string of the molecule is O=C(c1ccc(CS(=O)(=O)c2cccc3cccnc23)cc1)N1CCC(O)(c2ccccc2Cl)CC1. The second kappa shape index (κ2) is 9.65. The van der Waals surface area contributed by atoms with Gasteiger partial charge in [0.1, 0.15) is 0 Å². The van der Waals surface area contributed by atoms with Crippen LogP contribution in [0.2, 0.25) is 5.02 Å². The Labute approximate surface area is 215 Å². The number of fused-ring (bicyclic) bond motifs is 1. The lowest BCUT2D eigenvalue weighted by Gasteiger charge is -2.39. The molecular weight excluding hydrogens is 496 g/mol. The Bertz CT molecular complexity index is 1520. The maximum atomic E-state index is 13.1. The van der Waals surface area contributed by atoms with Crippen LogP contribution in [0.3, 0.4) is 0 Å². The van der Waals surface area contributed by atoms with Crippen molar-refractivity contribution in [1.29, 1.82) is 0 Å². The van der Waals surface area contributed by atoms with Gasteiger partial charge in [0.15, 0.2) is 9.84 Å². The van der Waals surface area contributed by atoms with Crippen molar-refractivity contribution in [3.05, 3.63) is 107 Å². The van der Waals surface area contributed by atoms with Gasteiger partial charge in [0.05, 0.1) is 21.8 Å². The summed E-state index contributed by atoms with van der Waals surface area (Å²) in [6.07, 6.45) is 2.35. The summed E-state index contributed by atoms with van der Waals surface area (Å²) in [5.41, 5.74) is 1.14. The van der Waals surface area contributed by atoms with Gasteiger partial charge in [0.2, 0.25) is 0 Å². The number of piperidine rings is 1. The third-order valence-electron chi connectivity index (χ3n) is 6.74. The molecule has 1 aromatic heterocycles. The second-order valence-electron chi connectivity index (χ2n) is 9.09. The van der Waals surface area contributed by atoms with Crippen LogP contribution >= 0.6 is 11.6 Å². The van der Waals surface area contributed by atoms with Crippen LogP contribution in [-0.4, -0.2) is 42.4 Å². The lowest BCUT2D eigenvalue weighted by Crippen LogP contribution is -2.45. The largest absolute Gasteiger partial charge is 0.385 e. The van der Waals surface area contributed by atoms with Crippen molar-refractivity contribution in [3.63, 3.8) is 0 Å². The van der Waals surface area contributed by atoms with Crippen molar-refractivity contribution in [2.75, 3.05) is 13.1 Å². The highest BCUT2D eigenvalue weighted by atomic mass is 35.5. The van der Waals surface area contributed by atoms with Gasteiger partial charge in [-0.05, 0) is 48.7 Å². The highest BCUT2D eigenvalue weighted by Gasteiger charge is 2.37. The van der Waals surface area contributed by atoms with Crippen molar-refractivity contribution in [3.8, 4) is 0 Å². The van der Waals surface area contributed by atoms with Crippen LogP contribution in [-0.2, 0) is 21.2 Å². The molecule has 0 radical (unpaired) electrons. The van der Waals surface area contributed by atoms with Gasteiger partial charge in [-0.2, -0.15) is 0 Å². The van der Waals surface area contributed by atoms with E-state index >= 15 is 0 Å². The molecule has 4 aromatic rings. The zero-order valence-corrected chi connectivity index (χ0v) is 21.0. The van der Waals surface area contributed by atoms with Gasteiger partial charge in [-0.25, -0.2) is 8.42 Å². The van der Waals surface area contributed by atoms with E-state index in [1.54, 1.807) is 59.6 Å². The fraction of sp³-hybridized carbons (Fsp3) is 0.214. The number of sulfone groups is 1. The van der Waals surface area contributed by atoms with Crippen LogP contribution in [0, 0.1) is 0 Å². The number of nitrogens with zero attached hydrogens (tertiary/aromatic N) is 2. The van der Waals surface area contributed by atoms with Gasteiger partial charge < -0.3 is 10.0 Å². The molecule has 184 valence electrons. The molecular formula is C28H25ClN2O4S.